The molecule has 0 unspecified atom stereocenters. The molecule has 7 nitrogen and oxygen atoms in total. The lowest BCUT2D eigenvalue weighted by atomic mass is 10.2. The molecule has 2 aromatic heterocycles. The van der Waals surface area contributed by atoms with E-state index >= 15 is 0 Å². The summed E-state index contributed by atoms with van der Waals surface area (Å²) in [5, 5.41) is 4.12. The number of rotatable bonds is 4. The quantitative estimate of drug-likeness (QED) is 0.286. The number of fused-ring (bicyclic) bond motifs is 1. The molecule has 1 aromatic carbocycles. The van der Waals surface area contributed by atoms with Crippen LogP contribution in [-0.4, -0.2) is 54.4 Å². The van der Waals surface area contributed by atoms with E-state index in [4.69, 9.17) is 9.41 Å². The average Bonchev–Trinajstić information content (AvgIpc) is 3.34. The number of para-hydroxylation sites is 1. The van der Waals surface area contributed by atoms with Gasteiger partial charge in [-0.3, -0.25) is 0 Å². The third kappa shape index (κ3) is 5.06. The van der Waals surface area contributed by atoms with Gasteiger partial charge in [-0.2, -0.15) is 0 Å². The third-order valence-corrected chi connectivity index (χ3v) is 8.81. The largest absolute Gasteiger partial charge is 0.457 e. The zero-order valence-electron chi connectivity index (χ0n) is 17.8. The Kier molecular flexibility index (Phi) is 7.32. The van der Waals surface area contributed by atoms with Crippen molar-refractivity contribution < 1.29 is 12.8 Å². The van der Waals surface area contributed by atoms with Gasteiger partial charge >= 0.3 is 0 Å². The number of sulfone groups is 1. The molecule has 3 heterocycles. The maximum atomic E-state index is 12.3. The topological polar surface area (TPSA) is 87.8 Å². The lowest BCUT2D eigenvalue weighted by Gasteiger charge is -2.39. The number of nitrogens with zero attached hydrogens (tertiary/aromatic N) is 3. The molecule has 1 aliphatic heterocycles. The number of guanidine groups is 1. The molecule has 31 heavy (non-hydrogen) atoms. The molecule has 1 N–H and O–H groups in total. The van der Waals surface area contributed by atoms with Gasteiger partial charge in [0.2, 0.25) is 0 Å². The molecule has 0 bridgehead atoms. The molecule has 3 aromatic rings. The second-order valence-electron chi connectivity index (χ2n) is 7.92. The van der Waals surface area contributed by atoms with Gasteiger partial charge in [-0.15, -0.1) is 35.3 Å². The lowest BCUT2D eigenvalue weighted by molar-refractivity contribution is 0.352. The van der Waals surface area contributed by atoms with Crippen molar-refractivity contribution in [2.45, 2.75) is 32.1 Å². The number of halogens is 1. The summed E-state index contributed by atoms with van der Waals surface area (Å²) in [5.41, 5.74) is 0.963. The van der Waals surface area contributed by atoms with Gasteiger partial charge in [-0.1, -0.05) is 12.1 Å². The second kappa shape index (κ2) is 9.45. The van der Waals surface area contributed by atoms with E-state index in [2.05, 4.69) is 10.3 Å². The molecule has 0 aliphatic carbocycles. The fourth-order valence-corrected chi connectivity index (χ4v) is 5.75. The highest BCUT2D eigenvalue weighted by Crippen LogP contribution is 2.31. The second-order valence-corrected chi connectivity index (χ2v) is 11.7. The fourth-order valence-electron chi connectivity index (χ4n) is 3.46. The molecule has 10 heteroatoms. The Hall–Kier alpha value is -1.66. The number of aliphatic imine (C=N–C) groups is 1. The molecule has 0 saturated carbocycles. The molecule has 0 spiro atoms. The van der Waals surface area contributed by atoms with Crippen LogP contribution < -0.4 is 5.32 Å². The minimum Gasteiger partial charge on any atom is -0.457 e. The van der Waals surface area contributed by atoms with Gasteiger partial charge in [0.05, 0.1) is 20.7 Å². The average molecular weight is 575 g/mol. The SMILES string of the molecule is CCNC(=NCc1ccc(-c2nc3ccccc3s2)o1)N1CCS(=O)(=O)C(C)(C)C1.I. The van der Waals surface area contributed by atoms with Crippen LogP contribution in [0.2, 0.25) is 0 Å². The first-order chi connectivity index (χ1) is 14.3. The van der Waals surface area contributed by atoms with Crippen LogP contribution in [0.25, 0.3) is 21.0 Å². The van der Waals surface area contributed by atoms with Gasteiger partial charge in [-0.25, -0.2) is 18.4 Å². The molecule has 0 amide bonds. The molecule has 0 atom stereocenters. The number of thiazole rings is 1. The van der Waals surface area contributed by atoms with E-state index in [1.807, 2.05) is 48.2 Å². The Balaban J connectivity index is 0.00000272. The number of aromatic nitrogens is 1. The van der Waals surface area contributed by atoms with Crippen molar-refractivity contribution in [3.8, 4) is 10.8 Å². The van der Waals surface area contributed by atoms with Crippen LogP contribution in [0.15, 0.2) is 45.8 Å². The molecular weight excluding hydrogens is 547 g/mol. The van der Waals surface area contributed by atoms with Crippen molar-refractivity contribution in [2.75, 3.05) is 25.4 Å². The Morgan fingerprint density at radius 1 is 1.29 bits per heavy atom. The Morgan fingerprint density at radius 3 is 2.77 bits per heavy atom. The third-order valence-electron chi connectivity index (χ3n) is 5.23. The minimum absolute atomic E-state index is 0. The van der Waals surface area contributed by atoms with Crippen LogP contribution in [0, 0.1) is 0 Å². The summed E-state index contributed by atoms with van der Waals surface area (Å²) in [6, 6.07) is 11.9. The Bertz CT molecular complexity index is 1150. The zero-order valence-corrected chi connectivity index (χ0v) is 21.8. The van der Waals surface area contributed by atoms with Gasteiger partial charge in [0.15, 0.2) is 26.6 Å². The van der Waals surface area contributed by atoms with Crippen molar-refractivity contribution in [3.05, 3.63) is 42.2 Å². The van der Waals surface area contributed by atoms with E-state index in [1.165, 1.54) is 0 Å². The van der Waals surface area contributed by atoms with E-state index in [1.54, 1.807) is 25.2 Å². The normalized spacial score (nSPS) is 18.0. The van der Waals surface area contributed by atoms with Crippen LogP contribution in [0.3, 0.4) is 0 Å². The Morgan fingerprint density at radius 2 is 2.06 bits per heavy atom. The highest BCUT2D eigenvalue weighted by Gasteiger charge is 2.40. The van der Waals surface area contributed by atoms with E-state index in [9.17, 15) is 8.42 Å². The summed E-state index contributed by atoms with van der Waals surface area (Å²) in [6.07, 6.45) is 0. The van der Waals surface area contributed by atoms with Gasteiger partial charge in [0.25, 0.3) is 0 Å². The summed E-state index contributed by atoms with van der Waals surface area (Å²) < 4.78 is 30.9. The van der Waals surface area contributed by atoms with Crippen molar-refractivity contribution in [2.24, 2.45) is 4.99 Å². The van der Waals surface area contributed by atoms with Crippen LogP contribution in [-0.2, 0) is 16.4 Å². The van der Waals surface area contributed by atoms with E-state index < -0.39 is 14.6 Å². The fraction of sp³-hybridized carbons (Fsp3) is 0.429. The first kappa shape index (κ1) is 24.0. The number of furan rings is 1. The van der Waals surface area contributed by atoms with E-state index in [-0.39, 0.29) is 29.7 Å². The summed E-state index contributed by atoms with van der Waals surface area (Å²) >= 11 is 1.60. The Labute approximate surface area is 203 Å². The number of benzene rings is 1. The maximum Gasteiger partial charge on any atom is 0.194 e. The lowest BCUT2D eigenvalue weighted by Crippen LogP contribution is -2.57. The van der Waals surface area contributed by atoms with Gasteiger partial charge < -0.3 is 14.6 Å². The van der Waals surface area contributed by atoms with Crippen LogP contribution in [0.1, 0.15) is 26.5 Å². The summed E-state index contributed by atoms with van der Waals surface area (Å²) in [5.74, 6) is 2.31. The van der Waals surface area contributed by atoms with Crippen molar-refractivity contribution in [1.29, 1.82) is 0 Å². The highest BCUT2D eigenvalue weighted by atomic mass is 127. The molecular formula is C21H27IN4O3S2. The molecule has 4 rings (SSSR count). The predicted molar refractivity (Wildman–Crippen MR) is 137 cm³/mol. The zero-order chi connectivity index (χ0) is 21.4. The van der Waals surface area contributed by atoms with Crippen molar-refractivity contribution in [1.82, 2.24) is 15.2 Å². The summed E-state index contributed by atoms with van der Waals surface area (Å²) in [4.78, 5) is 11.3. The monoisotopic (exact) mass is 574 g/mol. The van der Waals surface area contributed by atoms with E-state index in [0.29, 0.717) is 32.1 Å². The molecule has 168 valence electrons. The molecule has 1 aliphatic rings. The molecule has 1 fully saturated rings. The van der Waals surface area contributed by atoms with E-state index in [0.717, 1.165) is 26.7 Å². The van der Waals surface area contributed by atoms with Gasteiger partial charge in [-0.05, 0) is 45.0 Å². The highest BCUT2D eigenvalue weighted by molar-refractivity contribution is 14.0. The van der Waals surface area contributed by atoms with Gasteiger partial charge in [0.1, 0.15) is 12.3 Å². The van der Waals surface area contributed by atoms with Gasteiger partial charge in [0, 0.05) is 19.6 Å². The molecule has 0 radical (unpaired) electrons. The molecule has 1 saturated heterocycles. The van der Waals surface area contributed by atoms with Crippen molar-refractivity contribution >= 4 is 61.3 Å². The maximum absolute atomic E-state index is 12.3. The predicted octanol–water partition coefficient (Wildman–Crippen LogP) is 4.15. The first-order valence-corrected chi connectivity index (χ1v) is 12.5. The van der Waals surface area contributed by atoms with Crippen molar-refractivity contribution in [3.63, 3.8) is 0 Å². The van der Waals surface area contributed by atoms with Crippen LogP contribution >= 0.6 is 35.3 Å². The smallest absolute Gasteiger partial charge is 0.194 e. The van der Waals surface area contributed by atoms with Crippen LogP contribution in [0.4, 0.5) is 0 Å². The summed E-state index contributed by atoms with van der Waals surface area (Å²) in [7, 11) is -3.10. The minimum atomic E-state index is -3.10. The summed E-state index contributed by atoms with van der Waals surface area (Å²) in [6.45, 7) is 7.47. The number of hydrogen-bond donors (Lipinski definition) is 1. The van der Waals surface area contributed by atoms with Crippen LogP contribution in [0.5, 0.6) is 0 Å². The number of hydrogen-bond acceptors (Lipinski definition) is 6. The number of nitrogens with one attached hydrogen (secondary N) is 1. The first-order valence-electron chi connectivity index (χ1n) is 9.99. The standard InChI is InChI=1S/C21H26N4O3S2.HI/c1-4-22-20(25-11-12-30(26,27)21(2,3)14-25)23-13-15-9-10-17(28-15)19-24-16-7-5-6-8-18(16)29-19;/h5-10H,4,11-14H2,1-3H3,(H,22,23);1H.